The third-order valence-corrected chi connectivity index (χ3v) is 1.02. The maximum absolute atomic E-state index is 8.09. The number of hydrogen-bond acceptors (Lipinski definition) is 5. The molecule has 0 saturated carbocycles. The van der Waals surface area contributed by atoms with Gasteiger partial charge in [0, 0.05) is 0 Å². The first kappa shape index (κ1) is 7.33. The van der Waals surface area contributed by atoms with Gasteiger partial charge in [0.05, 0.1) is 0 Å². The summed E-state index contributed by atoms with van der Waals surface area (Å²) in [7, 11) is 0. The minimum Gasteiger partial charge on any atom is -0.454 e. The molecular weight excluding hydrogens is 148 g/mol. The first-order valence-electron chi connectivity index (χ1n) is 2.81. The van der Waals surface area contributed by atoms with Gasteiger partial charge in [-0.3, -0.25) is 0 Å². The zero-order valence-corrected chi connectivity index (χ0v) is 5.51. The van der Waals surface area contributed by atoms with Gasteiger partial charge < -0.3 is 14.8 Å². The molecular formula is C6H6N2O3. The van der Waals surface area contributed by atoms with Crippen LogP contribution in [0.4, 0.5) is 0 Å². The minimum absolute atomic E-state index is 0.391. The van der Waals surface area contributed by atoms with Crippen molar-refractivity contribution in [2.24, 2.45) is 10.3 Å². The van der Waals surface area contributed by atoms with E-state index in [4.69, 9.17) is 14.8 Å². The molecule has 0 atom stereocenters. The Balaban J connectivity index is 2.81. The summed E-state index contributed by atoms with van der Waals surface area (Å²) in [5, 5.41) is 21.7. The van der Waals surface area contributed by atoms with Gasteiger partial charge in [-0.05, 0) is 12.1 Å². The molecule has 0 amide bonds. The lowest BCUT2D eigenvalue weighted by Gasteiger charge is -1.80. The van der Waals surface area contributed by atoms with E-state index in [0.717, 1.165) is 12.4 Å². The van der Waals surface area contributed by atoms with Gasteiger partial charge in [0.15, 0.2) is 0 Å². The summed E-state index contributed by atoms with van der Waals surface area (Å²) in [5.41, 5.74) is 0. The first-order valence-corrected chi connectivity index (χ1v) is 2.81. The van der Waals surface area contributed by atoms with E-state index in [1.165, 1.54) is 0 Å². The van der Waals surface area contributed by atoms with Crippen LogP contribution in [0.1, 0.15) is 11.5 Å². The second-order valence-corrected chi connectivity index (χ2v) is 1.73. The smallest absolute Gasteiger partial charge is 0.149 e. The van der Waals surface area contributed by atoms with Crippen molar-refractivity contribution in [1.82, 2.24) is 0 Å². The fourth-order valence-electron chi connectivity index (χ4n) is 0.621. The highest BCUT2D eigenvalue weighted by Crippen LogP contribution is 2.02. The van der Waals surface area contributed by atoms with Crippen molar-refractivity contribution in [3.8, 4) is 0 Å². The van der Waals surface area contributed by atoms with Crippen LogP contribution in [-0.4, -0.2) is 22.8 Å². The topological polar surface area (TPSA) is 78.3 Å². The molecule has 11 heavy (non-hydrogen) atoms. The van der Waals surface area contributed by atoms with E-state index in [1.807, 2.05) is 0 Å². The van der Waals surface area contributed by atoms with Gasteiger partial charge in [-0.1, -0.05) is 10.3 Å². The Morgan fingerprint density at radius 2 is 1.55 bits per heavy atom. The minimum atomic E-state index is 0.391. The summed E-state index contributed by atoms with van der Waals surface area (Å²) in [4.78, 5) is 0. The highest BCUT2D eigenvalue weighted by molar-refractivity contribution is 5.80. The molecule has 1 aromatic rings. The fourth-order valence-corrected chi connectivity index (χ4v) is 0.621. The molecule has 0 radical (unpaired) electrons. The van der Waals surface area contributed by atoms with Crippen LogP contribution in [0.3, 0.4) is 0 Å². The van der Waals surface area contributed by atoms with Crippen LogP contribution in [0.25, 0.3) is 0 Å². The van der Waals surface area contributed by atoms with Gasteiger partial charge in [-0.15, -0.1) is 0 Å². The molecule has 5 heteroatoms. The van der Waals surface area contributed by atoms with E-state index < -0.39 is 0 Å². The summed E-state index contributed by atoms with van der Waals surface area (Å²) in [6.45, 7) is 0. The van der Waals surface area contributed by atoms with Crippen LogP contribution in [-0.2, 0) is 0 Å². The van der Waals surface area contributed by atoms with E-state index >= 15 is 0 Å². The van der Waals surface area contributed by atoms with Crippen molar-refractivity contribution in [2.75, 3.05) is 0 Å². The van der Waals surface area contributed by atoms with E-state index in [9.17, 15) is 0 Å². The van der Waals surface area contributed by atoms with Crippen molar-refractivity contribution < 1.29 is 14.8 Å². The number of hydrogen-bond donors (Lipinski definition) is 2. The van der Waals surface area contributed by atoms with Gasteiger partial charge in [-0.2, -0.15) is 0 Å². The van der Waals surface area contributed by atoms with Gasteiger partial charge >= 0.3 is 0 Å². The van der Waals surface area contributed by atoms with E-state index in [0.29, 0.717) is 11.5 Å². The molecule has 0 fully saturated rings. The van der Waals surface area contributed by atoms with Gasteiger partial charge in [0.1, 0.15) is 23.9 Å². The van der Waals surface area contributed by atoms with Crippen molar-refractivity contribution in [3.63, 3.8) is 0 Å². The Morgan fingerprint density at radius 1 is 1.09 bits per heavy atom. The largest absolute Gasteiger partial charge is 0.454 e. The van der Waals surface area contributed by atoms with Crippen LogP contribution in [0.2, 0.25) is 0 Å². The maximum atomic E-state index is 8.09. The summed E-state index contributed by atoms with van der Waals surface area (Å²) in [5.74, 6) is 0.782. The van der Waals surface area contributed by atoms with E-state index in [1.54, 1.807) is 12.1 Å². The standard InChI is InChI=1S/C6H6N2O3/c9-7-3-5-1-2-6(11-5)4-8-10/h1-4,9-10H/b7-3-,8-4-. The molecule has 2 N–H and O–H groups in total. The Labute approximate surface area is 62.2 Å². The quantitative estimate of drug-likeness (QED) is 0.377. The van der Waals surface area contributed by atoms with Crippen LogP contribution in [0.15, 0.2) is 26.9 Å². The van der Waals surface area contributed by atoms with Crippen LogP contribution in [0, 0.1) is 0 Å². The lowest BCUT2D eigenvalue weighted by Crippen LogP contribution is -1.75. The molecule has 1 heterocycles. The summed E-state index contributed by atoms with van der Waals surface area (Å²) >= 11 is 0. The second-order valence-electron chi connectivity index (χ2n) is 1.73. The van der Waals surface area contributed by atoms with Crippen molar-refractivity contribution >= 4 is 12.4 Å². The number of rotatable bonds is 2. The lowest BCUT2D eigenvalue weighted by atomic mass is 10.4. The summed E-state index contributed by atoms with van der Waals surface area (Å²) in [6, 6.07) is 3.16. The molecule has 0 aromatic carbocycles. The molecule has 0 spiro atoms. The van der Waals surface area contributed by atoms with E-state index in [2.05, 4.69) is 10.3 Å². The SMILES string of the molecule is O/N=C\c1ccc(/C=N\O)o1. The molecule has 0 unspecified atom stereocenters. The Bertz CT molecular complexity index is 251. The third kappa shape index (κ3) is 1.82. The molecule has 0 saturated heterocycles. The number of nitrogens with zero attached hydrogens (tertiary/aromatic N) is 2. The summed E-state index contributed by atoms with van der Waals surface area (Å²) < 4.78 is 4.95. The van der Waals surface area contributed by atoms with Crippen LogP contribution < -0.4 is 0 Å². The Kier molecular flexibility index (Phi) is 2.27. The zero-order valence-electron chi connectivity index (χ0n) is 5.51. The van der Waals surface area contributed by atoms with Gasteiger partial charge in [-0.25, -0.2) is 0 Å². The van der Waals surface area contributed by atoms with E-state index in [-0.39, 0.29) is 0 Å². The molecule has 1 aromatic heterocycles. The molecule has 58 valence electrons. The zero-order chi connectivity index (χ0) is 8.10. The molecule has 0 bridgehead atoms. The third-order valence-electron chi connectivity index (χ3n) is 1.02. The van der Waals surface area contributed by atoms with Crippen molar-refractivity contribution in [2.45, 2.75) is 0 Å². The summed E-state index contributed by atoms with van der Waals surface area (Å²) in [6.07, 6.45) is 2.27. The molecule has 0 aliphatic rings. The number of furan rings is 1. The predicted octanol–water partition coefficient (Wildman–Crippen LogP) is 0.896. The molecule has 0 aliphatic heterocycles. The van der Waals surface area contributed by atoms with Crippen LogP contribution >= 0.6 is 0 Å². The highest BCUT2D eigenvalue weighted by Gasteiger charge is 1.95. The normalized spacial score (nSPS) is 11.6. The monoisotopic (exact) mass is 154 g/mol. The van der Waals surface area contributed by atoms with Gasteiger partial charge in [0.2, 0.25) is 0 Å². The van der Waals surface area contributed by atoms with Crippen LogP contribution in [0.5, 0.6) is 0 Å². The average Bonchev–Trinajstić information content (AvgIpc) is 2.38. The second kappa shape index (κ2) is 3.40. The maximum Gasteiger partial charge on any atom is 0.149 e. The predicted molar refractivity (Wildman–Crippen MR) is 37.5 cm³/mol. The number of oxime groups is 2. The molecule has 1 rings (SSSR count). The Morgan fingerprint density at radius 3 is 1.91 bits per heavy atom. The van der Waals surface area contributed by atoms with Gasteiger partial charge in [0.25, 0.3) is 0 Å². The average molecular weight is 154 g/mol. The molecule has 0 aliphatic carbocycles. The van der Waals surface area contributed by atoms with Crippen molar-refractivity contribution in [1.29, 1.82) is 0 Å². The lowest BCUT2D eigenvalue weighted by molar-refractivity contribution is 0.319. The van der Waals surface area contributed by atoms with Crippen molar-refractivity contribution in [3.05, 3.63) is 23.7 Å². The fraction of sp³-hybridized carbons (Fsp3) is 0. The Hall–Kier alpha value is -1.78. The molecule has 5 nitrogen and oxygen atoms in total. The highest BCUT2D eigenvalue weighted by atomic mass is 16.4. The first-order chi connectivity index (χ1) is 5.36.